The molecule has 0 saturated carbocycles. The van der Waals surface area contributed by atoms with E-state index >= 15 is 0 Å². The summed E-state index contributed by atoms with van der Waals surface area (Å²) in [5, 5.41) is 12.2. The third-order valence-electron chi connectivity index (χ3n) is 4.33. The number of carbonyl (C=O) groups excluding carboxylic acids is 1. The second-order valence-corrected chi connectivity index (χ2v) is 7.48. The van der Waals surface area contributed by atoms with Gasteiger partial charge in [0.1, 0.15) is 10.8 Å². The van der Waals surface area contributed by atoms with Gasteiger partial charge >= 0.3 is 17.9 Å². The lowest BCUT2D eigenvalue weighted by molar-refractivity contribution is -0.140. The molecule has 0 fully saturated rings. The number of nitrogens with one attached hydrogen (secondary N) is 4. The molecule has 4 rings (SSSR count). The van der Waals surface area contributed by atoms with E-state index in [0.29, 0.717) is 28.8 Å². The molecule has 4 aromatic rings. The van der Waals surface area contributed by atoms with Crippen LogP contribution in [-0.2, 0) is 6.18 Å². The van der Waals surface area contributed by atoms with Gasteiger partial charge < -0.3 is 5.32 Å². The van der Waals surface area contributed by atoms with Gasteiger partial charge in [-0.15, -0.1) is 11.3 Å². The summed E-state index contributed by atoms with van der Waals surface area (Å²) in [6, 6.07) is 2.58. The number of alkyl halides is 3. The molecule has 2 amide bonds. The minimum absolute atomic E-state index is 0.0808. The van der Waals surface area contributed by atoms with Crippen LogP contribution in [0.4, 0.5) is 23.8 Å². The molecule has 4 N–H and O–H groups in total. The van der Waals surface area contributed by atoms with E-state index < -0.39 is 23.6 Å². The summed E-state index contributed by atoms with van der Waals surface area (Å²) in [7, 11) is 0. The maximum Gasteiger partial charge on any atom is 0.434 e. The summed E-state index contributed by atoms with van der Waals surface area (Å²) in [4.78, 5) is 37.8. The third-order valence-corrected chi connectivity index (χ3v) is 5.21. The van der Waals surface area contributed by atoms with E-state index in [1.807, 2.05) is 0 Å². The first-order valence-corrected chi connectivity index (χ1v) is 10.3. The highest BCUT2D eigenvalue weighted by molar-refractivity contribution is 7.13. The summed E-state index contributed by atoms with van der Waals surface area (Å²) < 4.78 is 39.4. The molecule has 4 aromatic heterocycles. The van der Waals surface area contributed by atoms with Gasteiger partial charge in [0.2, 0.25) is 0 Å². The van der Waals surface area contributed by atoms with Gasteiger partial charge in [-0.3, -0.25) is 15.3 Å². The number of thiazole rings is 1. The van der Waals surface area contributed by atoms with Crippen molar-refractivity contribution >= 4 is 23.2 Å². The van der Waals surface area contributed by atoms with Gasteiger partial charge in [-0.05, 0) is 19.1 Å². The zero-order valence-electron chi connectivity index (χ0n) is 16.8. The molecule has 0 aliphatic carbocycles. The van der Waals surface area contributed by atoms with Crippen LogP contribution in [0.3, 0.4) is 0 Å². The fraction of sp³-hybridized carbons (Fsp3) is 0.158. The summed E-state index contributed by atoms with van der Waals surface area (Å²) >= 11 is 0.808. The molecule has 0 atom stereocenters. The molecule has 0 spiro atoms. The Balaban J connectivity index is 1.81. The second-order valence-electron chi connectivity index (χ2n) is 6.62. The van der Waals surface area contributed by atoms with Gasteiger partial charge in [-0.1, -0.05) is 0 Å². The van der Waals surface area contributed by atoms with Crippen LogP contribution in [0.15, 0.2) is 40.9 Å². The standard InChI is InChI=1S/C19H15F3N8O2S/c1-2-24-17(31)27-14-4-11(16-26-13(8-33-16)19(20,21)22)12(7-25-14)9-3-10(6-23-5-9)15-28-18(32)30-29-15/h3-8H,2H2,1H3,(H2,24,25,27,31)(H2,28,29,30,32). The number of urea groups is 1. The molecule has 0 bridgehead atoms. The third kappa shape index (κ3) is 4.90. The molecule has 0 aliphatic heterocycles. The van der Waals surface area contributed by atoms with E-state index in [1.165, 1.54) is 24.7 Å². The number of amides is 2. The lowest BCUT2D eigenvalue weighted by atomic mass is 10.0. The molecule has 10 nitrogen and oxygen atoms in total. The van der Waals surface area contributed by atoms with Crippen molar-refractivity contribution in [1.82, 2.24) is 35.5 Å². The molecule has 0 aromatic carbocycles. The van der Waals surface area contributed by atoms with Crippen LogP contribution in [-0.4, -0.2) is 42.7 Å². The minimum Gasteiger partial charge on any atom is -0.338 e. The first-order chi connectivity index (χ1) is 15.7. The highest BCUT2D eigenvalue weighted by Gasteiger charge is 2.34. The lowest BCUT2D eigenvalue weighted by Gasteiger charge is -2.11. The van der Waals surface area contributed by atoms with Crippen molar-refractivity contribution in [3.63, 3.8) is 0 Å². The first kappa shape index (κ1) is 22.1. The Hall–Kier alpha value is -4.07. The smallest absolute Gasteiger partial charge is 0.338 e. The monoisotopic (exact) mass is 476 g/mol. The van der Waals surface area contributed by atoms with Crippen molar-refractivity contribution in [3.05, 3.63) is 52.3 Å². The number of aromatic nitrogens is 6. The van der Waals surface area contributed by atoms with E-state index in [4.69, 9.17) is 0 Å². The normalized spacial score (nSPS) is 11.4. The summed E-state index contributed by atoms with van der Waals surface area (Å²) in [6.45, 7) is 2.12. The highest BCUT2D eigenvalue weighted by atomic mass is 32.1. The zero-order chi connectivity index (χ0) is 23.6. The summed E-state index contributed by atoms with van der Waals surface area (Å²) in [6.07, 6.45) is -0.236. The van der Waals surface area contributed by atoms with Crippen LogP contribution in [0.2, 0.25) is 0 Å². The average Bonchev–Trinajstić information content (AvgIpc) is 3.43. The van der Waals surface area contributed by atoms with E-state index in [2.05, 4.69) is 40.8 Å². The Labute approximate surface area is 187 Å². The summed E-state index contributed by atoms with van der Waals surface area (Å²) in [5.41, 5.74) is 0.174. The quantitative estimate of drug-likeness (QED) is 0.347. The van der Waals surface area contributed by atoms with E-state index in [0.717, 1.165) is 16.7 Å². The highest BCUT2D eigenvalue weighted by Crippen LogP contribution is 2.38. The fourth-order valence-corrected chi connectivity index (χ4v) is 3.76. The van der Waals surface area contributed by atoms with Gasteiger partial charge in [-0.25, -0.2) is 24.7 Å². The van der Waals surface area contributed by atoms with Crippen molar-refractivity contribution in [2.24, 2.45) is 0 Å². The van der Waals surface area contributed by atoms with Crippen LogP contribution in [0.5, 0.6) is 0 Å². The number of halogens is 3. The van der Waals surface area contributed by atoms with Crippen LogP contribution < -0.4 is 16.3 Å². The molecule has 0 radical (unpaired) electrons. The number of pyridine rings is 2. The van der Waals surface area contributed by atoms with Gasteiger partial charge in [0.05, 0.1) is 0 Å². The van der Waals surface area contributed by atoms with E-state index in [9.17, 15) is 22.8 Å². The number of anilines is 1. The topological polar surface area (TPSA) is 141 Å². The second kappa shape index (κ2) is 8.82. The predicted molar refractivity (Wildman–Crippen MR) is 114 cm³/mol. The van der Waals surface area contributed by atoms with Gasteiger partial charge in [0.15, 0.2) is 11.5 Å². The summed E-state index contributed by atoms with van der Waals surface area (Å²) in [5.74, 6) is 0.371. The number of H-pyrrole nitrogens is 2. The first-order valence-electron chi connectivity index (χ1n) is 9.43. The van der Waals surface area contributed by atoms with Gasteiger partial charge in [0, 0.05) is 52.8 Å². The van der Waals surface area contributed by atoms with Crippen molar-refractivity contribution in [1.29, 1.82) is 0 Å². The number of hydrogen-bond acceptors (Lipinski definition) is 7. The van der Waals surface area contributed by atoms with Gasteiger partial charge in [-0.2, -0.15) is 18.3 Å². The molecule has 14 heteroatoms. The molecule has 0 aliphatic rings. The maximum absolute atomic E-state index is 13.1. The molecule has 0 unspecified atom stereocenters. The van der Waals surface area contributed by atoms with Crippen molar-refractivity contribution in [2.75, 3.05) is 11.9 Å². The fourth-order valence-electron chi connectivity index (χ4n) is 2.90. The predicted octanol–water partition coefficient (Wildman–Crippen LogP) is 3.51. The Morgan fingerprint density at radius 3 is 2.61 bits per heavy atom. The lowest BCUT2D eigenvalue weighted by Crippen LogP contribution is -2.28. The molecular weight excluding hydrogens is 461 g/mol. The Morgan fingerprint density at radius 1 is 1.15 bits per heavy atom. The molecule has 0 saturated heterocycles. The number of nitrogens with zero attached hydrogens (tertiary/aromatic N) is 4. The largest absolute Gasteiger partial charge is 0.434 e. The van der Waals surface area contributed by atoms with Gasteiger partial charge in [0.25, 0.3) is 0 Å². The van der Waals surface area contributed by atoms with Crippen LogP contribution in [0, 0.1) is 0 Å². The number of rotatable bonds is 5. The zero-order valence-corrected chi connectivity index (χ0v) is 17.6. The molecule has 4 heterocycles. The molecule has 33 heavy (non-hydrogen) atoms. The number of aromatic amines is 2. The SMILES string of the molecule is CCNC(=O)Nc1cc(-c2nc(C(F)(F)F)cs2)c(-c2cncc(-c3n[nH]c(=O)[nH]3)c2)cn1. The van der Waals surface area contributed by atoms with Crippen molar-refractivity contribution < 1.29 is 18.0 Å². The van der Waals surface area contributed by atoms with Crippen molar-refractivity contribution in [2.45, 2.75) is 13.1 Å². The van der Waals surface area contributed by atoms with Crippen molar-refractivity contribution in [3.8, 4) is 33.1 Å². The van der Waals surface area contributed by atoms with Crippen LogP contribution in [0.1, 0.15) is 12.6 Å². The minimum atomic E-state index is -4.60. The van der Waals surface area contributed by atoms with Crippen LogP contribution in [0.25, 0.3) is 33.1 Å². The Bertz CT molecular complexity index is 1360. The number of carbonyl (C=O) groups is 1. The number of hydrogen-bond donors (Lipinski definition) is 4. The molecular formula is C19H15F3N8O2S. The Morgan fingerprint density at radius 2 is 1.94 bits per heavy atom. The Kier molecular flexibility index (Phi) is 5.91. The molecule has 170 valence electrons. The maximum atomic E-state index is 13.1. The van der Waals surface area contributed by atoms with Crippen LogP contribution >= 0.6 is 11.3 Å². The van der Waals surface area contributed by atoms with E-state index in [-0.39, 0.29) is 16.6 Å². The van der Waals surface area contributed by atoms with E-state index in [1.54, 1.807) is 13.0 Å². The average molecular weight is 476 g/mol.